The lowest BCUT2D eigenvalue weighted by atomic mass is 10.0. The first-order chi connectivity index (χ1) is 54.3. The maximum absolute atomic E-state index is 14.7. The molecule has 1 rings (SSSR count). The number of thiol groups is 1. The zero-order valence-electron chi connectivity index (χ0n) is 63.4. The fourth-order valence-electron chi connectivity index (χ4n) is 10.3. The van der Waals surface area contributed by atoms with Crippen molar-refractivity contribution < 1.29 is 116 Å². The molecule has 0 heterocycles. The molecule has 1 aromatic carbocycles. The second-order valence-corrected chi connectivity index (χ2v) is 26.8. The lowest BCUT2D eigenvalue weighted by Crippen LogP contribution is -2.61. The van der Waals surface area contributed by atoms with Gasteiger partial charge in [0, 0.05) is 57.4 Å². The Morgan fingerprint density at radius 2 is 0.698 bits per heavy atom. The van der Waals surface area contributed by atoms with Crippen molar-refractivity contribution in [3.05, 3.63) is 35.9 Å². The number of hydrogen-bond donors (Lipinski definition) is 29. The van der Waals surface area contributed by atoms with E-state index in [-0.39, 0.29) is 45.2 Å². The molecule has 49 nitrogen and oxygen atoms in total. The van der Waals surface area contributed by atoms with Crippen molar-refractivity contribution in [2.45, 2.75) is 196 Å². The van der Waals surface area contributed by atoms with E-state index in [1.54, 1.807) is 18.2 Å². The van der Waals surface area contributed by atoms with Crippen molar-refractivity contribution in [2.75, 3.05) is 31.9 Å². The zero-order valence-corrected chi connectivity index (χ0v) is 64.3. The van der Waals surface area contributed by atoms with Gasteiger partial charge in [0.25, 0.3) is 0 Å². The van der Waals surface area contributed by atoms with Gasteiger partial charge in [-0.3, -0.25) is 107 Å². The minimum absolute atomic E-state index is 0.0531. The predicted molar refractivity (Wildman–Crippen MR) is 407 cm³/mol. The second-order valence-electron chi connectivity index (χ2n) is 26.4. The van der Waals surface area contributed by atoms with E-state index in [9.17, 15) is 111 Å². The largest absolute Gasteiger partial charge is 0.481 e. The number of amides is 18. The van der Waals surface area contributed by atoms with Crippen LogP contribution in [0.15, 0.2) is 30.3 Å². The van der Waals surface area contributed by atoms with E-state index in [0.717, 1.165) is 0 Å². The molecule has 50 heteroatoms. The third-order valence-electron chi connectivity index (χ3n) is 16.4. The van der Waals surface area contributed by atoms with Gasteiger partial charge < -0.3 is 141 Å². The number of nitrogens with two attached hydrogens (primary N) is 8. The molecule has 0 aliphatic carbocycles. The average molecular weight is 1660 g/mol. The molecular formula is C66H105N25O24S. The molecule has 36 N–H and O–H groups in total. The third-order valence-corrected chi connectivity index (χ3v) is 16.8. The number of guanidine groups is 2. The average Bonchev–Trinajstić information content (AvgIpc) is 0.819. The summed E-state index contributed by atoms with van der Waals surface area (Å²) >= 11 is 3.88. The first-order valence-electron chi connectivity index (χ1n) is 35.9. The Morgan fingerprint density at radius 3 is 1.08 bits per heavy atom. The van der Waals surface area contributed by atoms with Crippen molar-refractivity contribution in [3.63, 3.8) is 0 Å². The minimum Gasteiger partial charge on any atom is -0.481 e. The summed E-state index contributed by atoms with van der Waals surface area (Å²) in [7, 11) is 0. The first kappa shape index (κ1) is 101. The van der Waals surface area contributed by atoms with Gasteiger partial charge in [0.1, 0.15) is 66.5 Å². The number of aliphatic carboxylic acids is 3. The third kappa shape index (κ3) is 42.5. The Morgan fingerprint density at radius 1 is 0.362 bits per heavy atom. The van der Waals surface area contributed by atoms with Gasteiger partial charge in [0.15, 0.2) is 11.9 Å². The van der Waals surface area contributed by atoms with Crippen LogP contribution >= 0.6 is 12.6 Å². The van der Waals surface area contributed by atoms with Crippen LogP contribution in [0.3, 0.4) is 0 Å². The summed E-state index contributed by atoms with van der Waals surface area (Å²) in [6, 6.07) is -13.2. The van der Waals surface area contributed by atoms with E-state index in [0.29, 0.717) is 5.56 Å². The van der Waals surface area contributed by atoms with Crippen LogP contribution in [-0.2, 0) is 107 Å². The Hall–Kier alpha value is -13.1. The van der Waals surface area contributed by atoms with E-state index < -0.39 is 310 Å². The van der Waals surface area contributed by atoms with Crippen molar-refractivity contribution in [1.82, 2.24) is 79.8 Å². The summed E-state index contributed by atoms with van der Waals surface area (Å²) in [6.45, 7) is 0.760. The Labute approximate surface area is 668 Å². The lowest BCUT2D eigenvalue weighted by Gasteiger charge is -2.29. The van der Waals surface area contributed by atoms with Gasteiger partial charge in [-0.15, -0.1) is 0 Å². The molecule has 0 aromatic heterocycles. The van der Waals surface area contributed by atoms with Crippen molar-refractivity contribution >= 4 is 149 Å². The molecule has 1 aromatic rings. The van der Waals surface area contributed by atoms with Crippen molar-refractivity contribution in [1.29, 1.82) is 10.8 Å². The Kier molecular flexibility index (Phi) is 46.2. The smallest absolute Gasteiger partial charge is 0.327 e. The van der Waals surface area contributed by atoms with Crippen LogP contribution in [-0.4, -0.2) is 256 Å². The van der Waals surface area contributed by atoms with Crippen LogP contribution in [0.25, 0.3) is 0 Å². The van der Waals surface area contributed by atoms with E-state index in [2.05, 4.69) is 92.4 Å². The van der Waals surface area contributed by atoms with Gasteiger partial charge in [-0.05, 0) is 69.3 Å². The fraction of sp³-hybridized carbons (Fsp3) is 0.561. The molecule has 644 valence electrons. The number of carbonyl (C=O) groups excluding carboxylic acids is 18. The SMILES string of the molecule is CC(C)[C@H](NC(=O)[C@H](CC(=O)O)NC(=O)CNC(=O)[C@@H](N)CCC(=O)O)C(=O)N[C@@H](CCCNC(=N)N)C(=O)N[C@@H](Cc1ccccc1)C(=O)N[C@@H](CCC(N)=O)C(=O)N[C@@H](CC(N)=O)C(=O)N[C@@H](CCC(N)=O)C(=O)NCC(=O)N[C@@H](CCCNC(=N)N)C(=O)N[C@@H](CCC(N)=O)C(=O)N[C@@H](CCC(N)=O)C(=O)N[C@@H](CS)C(=O)O. The van der Waals surface area contributed by atoms with Crippen molar-refractivity contribution in [3.8, 4) is 0 Å². The summed E-state index contributed by atoms with van der Waals surface area (Å²) in [5.74, 6) is -27.4. The first-order valence-corrected chi connectivity index (χ1v) is 36.5. The van der Waals surface area contributed by atoms with E-state index in [1.807, 2.05) is 0 Å². The van der Waals surface area contributed by atoms with Crippen LogP contribution < -0.4 is 126 Å². The topological polar surface area (TPSA) is 855 Å². The van der Waals surface area contributed by atoms with E-state index in [1.165, 1.54) is 26.0 Å². The summed E-state index contributed by atoms with van der Waals surface area (Å²) < 4.78 is 0. The number of nitrogens with one attached hydrogen (secondary N) is 17. The molecule has 0 aliphatic rings. The van der Waals surface area contributed by atoms with Gasteiger partial charge in [-0.2, -0.15) is 12.6 Å². The number of hydrogen-bond acceptors (Lipinski definition) is 25. The molecule has 0 fully saturated rings. The van der Waals surface area contributed by atoms with Crippen LogP contribution in [0.2, 0.25) is 0 Å². The molecule has 0 bridgehead atoms. The molecule has 0 aliphatic heterocycles. The highest BCUT2D eigenvalue weighted by atomic mass is 32.1. The second kappa shape index (κ2) is 53.0. The summed E-state index contributed by atoms with van der Waals surface area (Å²) in [5.41, 5.74) is 43.8. The number of benzene rings is 1. The highest BCUT2D eigenvalue weighted by Crippen LogP contribution is 2.13. The molecule has 116 heavy (non-hydrogen) atoms. The number of carbonyl (C=O) groups is 21. The number of carboxylic acid groups (broad SMARTS) is 3. The van der Waals surface area contributed by atoms with Crippen LogP contribution in [0.1, 0.15) is 122 Å². The predicted octanol–water partition coefficient (Wildman–Crippen LogP) is -12.4. The molecule has 0 unspecified atom stereocenters. The number of primary amides is 5. The monoisotopic (exact) mass is 1660 g/mol. The number of carboxylic acids is 3. The highest BCUT2D eigenvalue weighted by molar-refractivity contribution is 7.80. The van der Waals surface area contributed by atoms with Gasteiger partial charge in [-0.25, -0.2) is 4.79 Å². The Balaban J connectivity index is 3.75. The van der Waals surface area contributed by atoms with E-state index >= 15 is 0 Å². The zero-order chi connectivity index (χ0) is 88.1. The maximum Gasteiger partial charge on any atom is 0.327 e. The van der Waals surface area contributed by atoms with Crippen LogP contribution in [0.5, 0.6) is 0 Å². The molecular weight excluding hydrogens is 1560 g/mol. The fourth-order valence-corrected chi connectivity index (χ4v) is 10.6. The summed E-state index contributed by atoms with van der Waals surface area (Å²) in [5, 5.41) is 77.7. The maximum atomic E-state index is 14.7. The molecule has 12 atom stereocenters. The van der Waals surface area contributed by atoms with E-state index in [4.69, 9.17) is 61.8 Å². The minimum atomic E-state index is -2.10. The highest BCUT2D eigenvalue weighted by Gasteiger charge is 2.38. The quantitative estimate of drug-likeness (QED) is 0.0125. The molecule has 18 amide bonds. The molecule has 0 saturated heterocycles. The summed E-state index contributed by atoms with van der Waals surface area (Å²) in [6.07, 6.45) is -8.96. The van der Waals surface area contributed by atoms with Gasteiger partial charge in [-0.1, -0.05) is 44.2 Å². The molecule has 0 saturated carbocycles. The van der Waals surface area contributed by atoms with Gasteiger partial charge in [0.05, 0.1) is 32.0 Å². The normalized spacial score (nSPS) is 13.9. The van der Waals surface area contributed by atoms with Gasteiger partial charge in [0.2, 0.25) is 106 Å². The van der Waals surface area contributed by atoms with Gasteiger partial charge >= 0.3 is 17.9 Å². The number of rotatable bonds is 58. The van der Waals surface area contributed by atoms with Crippen LogP contribution in [0, 0.1) is 16.7 Å². The molecule has 0 radical (unpaired) electrons. The van der Waals surface area contributed by atoms with Crippen LogP contribution in [0.4, 0.5) is 0 Å². The van der Waals surface area contributed by atoms with Crippen molar-refractivity contribution in [2.24, 2.45) is 51.8 Å². The standard InChI is InChI=1S/C66H105N25O24S/c1-30(2)52(91-62(112)41(26-51(101)102)82-49(98)27-79-53(103)32(67)12-21-50(99)100)63(113)87-34(11-7-23-78-66(75)76)56(106)88-39(24-31-8-4-3-5-9-31)60(110)86-37(15-19-45(70)94)58(108)89-40(25-47(72)96)61(111)83-35(13-17-43(68)92)54(104)80-28-48(97)81-33(10-6-22-77-65(73)74)55(105)84-36(14-18-44(69)93)57(107)85-38(16-20-46(71)95)59(109)90-42(29-116)64(114)115/h3-5,8-9,30,32-42,52,116H,6-7,10-29,67H2,1-2H3,(H2,68,92)(H2,69,93)(H2,70,94)(H2,71,95)(H2,72,96)(H,79,103)(H,80,104)(H,81,97)(H,82,98)(H,83,111)(H,84,105)(H,85,107)(H,86,110)(H,87,113)(H,88,106)(H,89,108)(H,90,109)(H,91,112)(H,99,100)(H,101,102)(H,114,115)(H4,73,74,77)(H4,75,76,78)/t32-,33-,34-,35-,36-,37-,38-,39-,40-,41-,42-,52-/m0/s1. The summed E-state index contributed by atoms with van der Waals surface area (Å²) in [4.78, 5) is 275. The molecule has 0 spiro atoms. The Bertz CT molecular complexity index is 3710. The lowest BCUT2D eigenvalue weighted by molar-refractivity contribution is -0.142.